The number of hydrogen-bond acceptors (Lipinski definition) is 4. The number of rotatable bonds is 3. The molecule has 0 amide bonds. The number of nitrogens with two attached hydrogens (primary N) is 1. The highest BCUT2D eigenvalue weighted by molar-refractivity contribution is 7.18. The van der Waals surface area contributed by atoms with Crippen LogP contribution in [0.3, 0.4) is 0 Å². The molecule has 94 valence electrons. The molecule has 7 heteroatoms. The highest BCUT2D eigenvalue weighted by Crippen LogP contribution is 2.52. The Bertz CT molecular complexity index is 463. The Hall–Kier alpha value is -1.24. The van der Waals surface area contributed by atoms with Crippen LogP contribution in [-0.4, -0.2) is 17.5 Å². The average Bonchev–Trinajstić information content (AvgIpc) is 2.84. The van der Waals surface area contributed by atoms with Crippen LogP contribution in [0.25, 0.3) is 0 Å². The van der Waals surface area contributed by atoms with Crippen LogP contribution in [0.1, 0.15) is 29.4 Å². The maximum atomic E-state index is 12.7. The maximum absolute atomic E-state index is 12.7. The lowest BCUT2D eigenvalue weighted by molar-refractivity contribution is -0.151. The molecule has 1 aromatic heterocycles. The van der Waals surface area contributed by atoms with E-state index in [1.807, 2.05) is 0 Å². The summed E-state index contributed by atoms with van der Waals surface area (Å²) in [5.74, 6) is -0.239. The van der Waals surface area contributed by atoms with Gasteiger partial charge in [-0.1, -0.05) is 0 Å². The largest absolute Gasteiger partial charge is 0.411 e. The zero-order valence-corrected chi connectivity index (χ0v) is 9.84. The molecule has 0 atom stereocenters. The predicted molar refractivity (Wildman–Crippen MR) is 60.4 cm³/mol. The van der Waals surface area contributed by atoms with Gasteiger partial charge >= 0.3 is 6.18 Å². The van der Waals surface area contributed by atoms with Crippen molar-refractivity contribution in [1.29, 1.82) is 0 Å². The first kappa shape index (κ1) is 12.2. The number of nitrogens with one attached hydrogen (secondary N) is 1. The van der Waals surface area contributed by atoms with Gasteiger partial charge in [0.05, 0.1) is 15.6 Å². The van der Waals surface area contributed by atoms with Crippen LogP contribution >= 0.6 is 11.3 Å². The molecule has 0 aliphatic heterocycles. The van der Waals surface area contributed by atoms with Crippen molar-refractivity contribution in [2.45, 2.75) is 31.5 Å². The number of carbonyl (C=O) groups is 1. The molecule has 1 fully saturated rings. The average molecular weight is 264 g/mol. The molecule has 1 aromatic rings. The van der Waals surface area contributed by atoms with Crippen LogP contribution in [0, 0.1) is 0 Å². The molecule has 1 saturated carbocycles. The molecule has 1 aliphatic rings. The van der Waals surface area contributed by atoms with Crippen molar-refractivity contribution in [3.05, 3.63) is 10.9 Å². The third-order valence-electron chi connectivity index (χ3n) is 2.74. The van der Waals surface area contributed by atoms with E-state index in [2.05, 4.69) is 5.32 Å². The second-order valence-electron chi connectivity index (χ2n) is 4.16. The molecule has 0 saturated heterocycles. The molecule has 0 spiro atoms. The van der Waals surface area contributed by atoms with E-state index in [9.17, 15) is 18.0 Å². The molecule has 0 aromatic carbocycles. The minimum absolute atomic E-state index is 0.0592. The third-order valence-corrected chi connectivity index (χ3v) is 3.90. The van der Waals surface area contributed by atoms with E-state index in [4.69, 9.17) is 5.73 Å². The Balaban J connectivity index is 2.21. The van der Waals surface area contributed by atoms with E-state index in [0.29, 0.717) is 9.88 Å². The van der Waals surface area contributed by atoms with Crippen LogP contribution in [0.15, 0.2) is 6.07 Å². The van der Waals surface area contributed by atoms with E-state index in [0.717, 1.165) is 11.3 Å². The second-order valence-corrected chi connectivity index (χ2v) is 5.21. The van der Waals surface area contributed by atoms with Gasteiger partial charge in [-0.15, -0.1) is 11.3 Å². The molecular formula is C10H11F3N2OS. The summed E-state index contributed by atoms with van der Waals surface area (Å²) in [5, 5.41) is 2.74. The summed E-state index contributed by atoms with van der Waals surface area (Å²) < 4.78 is 38.1. The minimum Gasteiger partial charge on any atom is -0.397 e. The van der Waals surface area contributed by atoms with Crippen molar-refractivity contribution in [1.82, 2.24) is 0 Å². The Morgan fingerprint density at radius 1 is 1.53 bits per heavy atom. The number of carbonyl (C=O) groups excluding carboxylic acids is 1. The van der Waals surface area contributed by atoms with Gasteiger partial charge in [-0.2, -0.15) is 13.2 Å². The number of Topliss-reactive ketones (excluding diaryl/α,β-unsaturated/α-hetero) is 1. The highest BCUT2D eigenvalue weighted by Gasteiger charge is 2.63. The summed E-state index contributed by atoms with van der Waals surface area (Å²) in [7, 11) is 0. The number of alkyl halides is 3. The minimum atomic E-state index is -4.28. The fraction of sp³-hybridized carbons (Fsp3) is 0.500. The number of hydrogen-bond donors (Lipinski definition) is 2. The van der Waals surface area contributed by atoms with Gasteiger partial charge in [0.15, 0.2) is 5.78 Å². The third kappa shape index (κ3) is 2.11. The van der Waals surface area contributed by atoms with Gasteiger partial charge in [-0.3, -0.25) is 4.79 Å². The summed E-state index contributed by atoms with van der Waals surface area (Å²) in [6, 6.07) is 1.38. The normalized spacial score (nSPS) is 17.9. The van der Waals surface area contributed by atoms with Gasteiger partial charge in [-0.25, -0.2) is 0 Å². The van der Waals surface area contributed by atoms with Crippen LogP contribution < -0.4 is 11.1 Å². The molecular weight excluding hydrogens is 253 g/mol. The molecule has 3 nitrogen and oxygen atoms in total. The van der Waals surface area contributed by atoms with Gasteiger partial charge in [0.25, 0.3) is 0 Å². The first-order valence-electron chi connectivity index (χ1n) is 5.00. The highest BCUT2D eigenvalue weighted by atomic mass is 32.1. The number of anilines is 2. The molecule has 1 aliphatic carbocycles. The smallest absolute Gasteiger partial charge is 0.397 e. The molecule has 3 N–H and O–H groups in total. The molecule has 17 heavy (non-hydrogen) atoms. The summed E-state index contributed by atoms with van der Waals surface area (Å²) in [6.45, 7) is 1.34. The summed E-state index contributed by atoms with van der Waals surface area (Å²) >= 11 is 0.965. The van der Waals surface area contributed by atoms with Crippen LogP contribution in [0.2, 0.25) is 0 Å². The van der Waals surface area contributed by atoms with Crippen molar-refractivity contribution in [2.75, 3.05) is 11.1 Å². The lowest BCUT2D eigenvalue weighted by Crippen LogP contribution is -2.38. The van der Waals surface area contributed by atoms with E-state index in [1.165, 1.54) is 13.0 Å². The van der Waals surface area contributed by atoms with Crippen molar-refractivity contribution >= 4 is 27.8 Å². The van der Waals surface area contributed by atoms with E-state index >= 15 is 0 Å². The van der Waals surface area contributed by atoms with Gasteiger partial charge < -0.3 is 11.1 Å². The zero-order chi connectivity index (χ0) is 12.8. The van der Waals surface area contributed by atoms with E-state index in [-0.39, 0.29) is 24.3 Å². The van der Waals surface area contributed by atoms with Crippen LogP contribution in [0.4, 0.5) is 23.9 Å². The summed E-state index contributed by atoms with van der Waals surface area (Å²) in [6.07, 6.45) is -4.16. The van der Waals surface area contributed by atoms with Gasteiger partial charge in [0.1, 0.15) is 5.54 Å². The molecule has 1 heterocycles. The molecule has 0 bridgehead atoms. The lowest BCUT2D eigenvalue weighted by atomic mass is 10.2. The van der Waals surface area contributed by atoms with Crippen LogP contribution in [-0.2, 0) is 0 Å². The maximum Gasteiger partial charge on any atom is 0.411 e. The second kappa shape index (κ2) is 3.63. The van der Waals surface area contributed by atoms with E-state index in [1.54, 1.807) is 0 Å². The summed E-state index contributed by atoms with van der Waals surface area (Å²) in [5.41, 5.74) is 3.96. The van der Waals surface area contributed by atoms with Gasteiger partial charge in [0, 0.05) is 6.92 Å². The monoisotopic (exact) mass is 264 g/mol. The summed E-state index contributed by atoms with van der Waals surface area (Å²) in [4.78, 5) is 11.4. The van der Waals surface area contributed by atoms with Crippen molar-refractivity contribution in [3.63, 3.8) is 0 Å². The number of thiophene rings is 1. The topological polar surface area (TPSA) is 55.1 Å². The molecule has 0 unspecified atom stereocenters. The van der Waals surface area contributed by atoms with Gasteiger partial charge in [-0.05, 0) is 18.9 Å². The number of nitrogen functional groups attached to an aromatic ring is 1. The van der Waals surface area contributed by atoms with Crippen molar-refractivity contribution in [3.8, 4) is 0 Å². The molecule has 2 rings (SSSR count). The Kier molecular flexibility index (Phi) is 2.61. The predicted octanol–water partition coefficient (Wildman–Crippen LogP) is 3.04. The standard InChI is InChI=1S/C10H11F3N2OS/c1-5(16)8-6(14)4-7(17-8)15-9(2-3-9)10(11,12)13/h4,15H,2-3,14H2,1H3. The zero-order valence-electron chi connectivity index (χ0n) is 9.02. The fourth-order valence-corrected chi connectivity index (χ4v) is 2.55. The molecule has 0 radical (unpaired) electrons. The fourth-order valence-electron chi connectivity index (χ4n) is 1.58. The Morgan fingerprint density at radius 2 is 2.12 bits per heavy atom. The number of ketones is 1. The van der Waals surface area contributed by atoms with Crippen molar-refractivity contribution in [2.24, 2.45) is 0 Å². The first-order chi connectivity index (χ1) is 7.75. The van der Waals surface area contributed by atoms with Crippen molar-refractivity contribution < 1.29 is 18.0 Å². The SMILES string of the molecule is CC(=O)c1sc(NC2(C(F)(F)F)CC2)cc1N. The van der Waals surface area contributed by atoms with E-state index < -0.39 is 11.7 Å². The Labute approximate surface area is 99.8 Å². The first-order valence-corrected chi connectivity index (χ1v) is 5.82. The van der Waals surface area contributed by atoms with Gasteiger partial charge in [0.2, 0.25) is 0 Å². The quantitative estimate of drug-likeness (QED) is 0.825. The Morgan fingerprint density at radius 3 is 2.47 bits per heavy atom. The lowest BCUT2D eigenvalue weighted by Gasteiger charge is -2.20. The van der Waals surface area contributed by atoms with Crippen LogP contribution in [0.5, 0.6) is 0 Å². The number of halogens is 3.